The number of para-hydroxylation sites is 2. The number of carbonyl (C=O) groups excluding carboxylic acids is 1. The number of rotatable bonds is 10. The van der Waals surface area contributed by atoms with Crippen LogP contribution in [0.25, 0.3) is 10.2 Å². The first-order valence-electron chi connectivity index (χ1n) is 12.7. The number of fused-ring (bicyclic) bond motifs is 1. The van der Waals surface area contributed by atoms with Crippen molar-refractivity contribution in [3.8, 4) is 11.5 Å². The molecule has 1 aliphatic heterocycles. The van der Waals surface area contributed by atoms with Crippen LogP contribution in [-0.4, -0.2) is 95.5 Å². The van der Waals surface area contributed by atoms with Gasteiger partial charge in [-0.3, -0.25) is 4.90 Å². The van der Waals surface area contributed by atoms with Gasteiger partial charge in [-0.25, -0.2) is 28.6 Å². The Balaban J connectivity index is 0.000000245. The highest BCUT2D eigenvalue weighted by molar-refractivity contribution is 7.22. The van der Waals surface area contributed by atoms with Crippen LogP contribution in [0.3, 0.4) is 0 Å². The van der Waals surface area contributed by atoms with Gasteiger partial charge in [0.2, 0.25) is 0 Å². The molecule has 0 spiro atoms. The number of benzene rings is 2. The van der Waals surface area contributed by atoms with Gasteiger partial charge in [0, 0.05) is 63.6 Å². The minimum atomic E-state index is -1.26. The van der Waals surface area contributed by atoms with Crippen LogP contribution in [0.2, 0.25) is 0 Å². The first-order chi connectivity index (χ1) is 20.6. The number of thiazole rings is 1. The molecule has 0 atom stereocenters. The Morgan fingerprint density at radius 2 is 1.58 bits per heavy atom. The zero-order chi connectivity index (χ0) is 31.6. The van der Waals surface area contributed by atoms with Crippen molar-refractivity contribution in [3.05, 3.63) is 72.6 Å². The van der Waals surface area contributed by atoms with Crippen LogP contribution in [0.5, 0.6) is 11.5 Å². The number of anilines is 1. The standard InChI is InChI=1S/C13H17FN4S.C11H10O5.C4H4O4/c14-10-1-2-11-12(9-10)19-13(17-11)16-5-8-18-6-3-15-4-7-18;1-15-8-4-2-3-5-9(8)16-11(14)7-6-10(12)13;5-3(6)1-2-4(7)8/h1-2,9,15H,3-8H2,(H,16,17);2-7H,1H3,(H,12,13);1-2H,(H,5,6)(H,7,8)/b;7-6+;2-1+. The Morgan fingerprint density at radius 3 is 2.19 bits per heavy atom. The SMILES string of the molecule is COc1ccccc1OC(=O)/C=C/C(=O)O.Fc1ccc2nc(NCCN3CCNCC3)sc2c1.O=C(O)/C=C/C(=O)O. The third-order valence-corrected chi connectivity index (χ3v) is 6.25. The molecule has 1 aromatic heterocycles. The van der Waals surface area contributed by atoms with E-state index in [2.05, 4.69) is 20.5 Å². The lowest BCUT2D eigenvalue weighted by Gasteiger charge is -2.26. The molecule has 1 fully saturated rings. The molecule has 13 nitrogen and oxygen atoms in total. The molecule has 4 rings (SSSR count). The Hall–Kier alpha value is -4.86. The van der Waals surface area contributed by atoms with E-state index in [1.54, 1.807) is 30.3 Å². The summed E-state index contributed by atoms with van der Waals surface area (Å²) in [6, 6.07) is 11.3. The molecule has 3 aromatic rings. The van der Waals surface area contributed by atoms with Gasteiger partial charge >= 0.3 is 23.9 Å². The number of halogens is 1. The van der Waals surface area contributed by atoms with Crippen molar-refractivity contribution in [1.82, 2.24) is 15.2 Å². The molecule has 1 saturated heterocycles. The number of carboxylic acid groups (broad SMARTS) is 3. The molecular weight excluding hydrogens is 587 g/mol. The van der Waals surface area contributed by atoms with Crippen molar-refractivity contribution < 1.29 is 48.4 Å². The Morgan fingerprint density at radius 1 is 0.977 bits per heavy atom. The van der Waals surface area contributed by atoms with Crippen molar-refractivity contribution in [2.24, 2.45) is 0 Å². The molecule has 5 N–H and O–H groups in total. The number of nitrogens with zero attached hydrogens (tertiary/aromatic N) is 2. The number of methoxy groups -OCH3 is 1. The normalized spacial score (nSPS) is 13.0. The van der Waals surface area contributed by atoms with Crippen LogP contribution in [-0.2, 0) is 19.2 Å². The first-order valence-corrected chi connectivity index (χ1v) is 13.5. The van der Waals surface area contributed by atoms with E-state index in [1.165, 1.54) is 30.6 Å². The van der Waals surface area contributed by atoms with Gasteiger partial charge in [0.1, 0.15) is 5.82 Å². The fourth-order valence-corrected chi connectivity index (χ4v) is 4.27. The predicted octanol–water partition coefficient (Wildman–Crippen LogP) is 2.71. The lowest BCUT2D eigenvalue weighted by Crippen LogP contribution is -2.45. The fraction of sp³-hybridized carbons (Fsp3) is 0.250. The summed E-state index contributed by atoms with van der Waals surface area (Å²) in [7, 11) is 1.44. The highest BCUT2D eigenvalue weighted by atomic mass is 32.1. The number of esters is 1. The molecule has 0 unspecified atom stereocenters. The number of hydrogen-bond donors (Lipinski definition) is 5. The van der Waals surface area contributed by atoms with Crippen molar-refractivity contribution in [3.63, 3.8) is 0 Å². The molecule has 2 heterocycles. The van der Waals surface area contributed by atoms with E-state index in [0.29, 0.717) is 24.0 Å². The summed E-state index contributed by atoms with van der Waals surface area (Å²) in [6.07, 6.45) is 2.65. The number of nitrogens with one attached hydrogen (secondary N) is 2. The van der Waals surface area contributed by atoms with Crippen LogP contribution in [0, 0.1) is 5.82 Å². The summed E-state index contributed by atoms with van der Waals surface area (Å²) in [4.78, 5) is 47.3. The molecule has 0 radical (unpaired) electrons. The molecule has 0 bridgehead atoms. The number of aliphatic carboxylic acids is 3. The lowest BCUT2D eigenvalue weighted by molar-refractivity contribution is -0.134. The topological polar surface area (TPSA) is 188 Å². The van der Waals surface area contributed by atoms with E-state index in [0.717, 1.165) is 60.7 Å². The molecule has 0 saturated carbocycles. The van der Waals surface area contributed by atoms with Gasteiger partial charge in [0.25, 0.3) is 0 Å². The van der Waals surface area contributed by atoms with Crippen LogP contribution in [0.4, 0.5) is 9.52 Å². The Kier molecular flexibility index (Phi) is 14.8. The van der Waals surface area contributed by atoms with Crippen molar-refractivity contribution >= 4 is 50.6 Å². The monoisotopic (exact) mass is 618 g/mol. The summed E-state index contributed by atoms with van der Waals surface area (Å²) in [5.41, 5.74) is 0.857. The summed E-state index contributed by atoms with van der Waals surface area (Å²) in [5, 5.41) is 31.5. The molecule has 230 valence electrons. The zero-order valence-electron chi connectivity index (χ0n) is 23.1. The molecule has 43 heavy (non-hydrogen) atoms. The van der Waals surface area contributed by atoms with Gasteiger partial charge in [0.15, 0.2) is 16.6 Å². The maximum absolute atomic E-state index is 13.1. The second-order valence-electron chi connectivity index (χ2n) is 8.40. The van der Waals surface area contributed by atoms with E-state index < -0.39 is 23.9 Å². The smallest absolute Gasteiger partial charge is 0.336 e. The summed E-state index contributed by atoms with van der Waals surface area (Å²) < 4.78 is 23.8. The fourth-order valence-electron chi connectivity index (χ4n) is 3.36. The number of carbonyl (C=O) groups is 4. The first kappa shape index (κ1) is 34.3. The molecular formula is C28H31FN4O9S. The van der Waals surface area contributed by atoms with Crippen LogP contribution in [0.15, 0.2) is 66.8 Å². The average molecular weight is 619 g/mol. The third-order valence-electron chi connectivity index (χ3n) is 5.27. The van der Waals surface area contributed by atoms with Gasteiger partial charge in [-0.05, 0) is 30.3 Å². The third kappa shape index (κ3) is 14.0. The van der Waals surface area contributed by atoms with Gasteiger partial charge in [-0.1, -0.05) is 23.5 Å². The van der Waals surface area contributed by atoms with E-state index >= 15 is 0 Å². The zero-order valence-corrected chi connectivity index (χ0v) is 23.9. The quantitative estimate of drug-likeness (QED) is 0.127. The van der Waals surface area contributed by atoms with Crippen LogP contribution >= 0.6 is 11.3 Å². The van der Waals surface area contributed by atoms with Crippen molar-refractivity contribution in [2.75, 3.05) is 51.7 Å². The second kappa shape index (κ2) is 18.5. The van der Waals surface area contributed by atoms with Crippen LogP contribution in [0.1, 0.15) is 0 Å². The summed E-state index contributed by atoms with van der Waals surface area (Å²) in [5.74, 6) is -4.06. The van der Waals surface area contributed by atoms with Gasteiger partial charge in [0.05, 0.1) is 17.3 Å². The van der Waals surface area contributed by atoms with Crippen LogP contribution < -0.4 is 20.1 Å². The summed E-state index contributed by atoms with van der Waals surface area (Å²) >= 11 is 1.50. The molecule has 15 heteroatoms. The maximum Gasteiger partial charge on any atom is 0.336 e. The number of carboxylic acids is 3. The van der Waals surface area contributed by atoms with E-state index in [9.17, 15) is 23.6 Å². The van der Waals surface area contributed by atoms with E-state index in [4.69, 9.17) is 24.8 Å². The highest BCUT2D eigenvalue weighted by Gasteiger charge is 2.10. The minimum absolute atomic E-state index is 0.205. The minimum Gasteiger partial charge on any atom is -0.493 e. The largest absolute Gasteiger partial charge is 0.493 e. The molecule has 1 aliphatic rings. The van der Waals surface area contributed by atoms with Gasteiger partial charge in [-0.2, -0.15) is 0 Å². The van der Waals surface area contributed by atoms with Crippen molar-refractivity contribution in [2.45, 2.75) is 0 Å². The Bertz CT molecular complexity index is 1420. The maximum atomic E-state index is 13.1. The van der Waals surface area contributed by atoms with E-state index in [-0.39, 0.29) is 11.6 Å². The van der Waals surface area contributed by atoms with Crippen molar-refractivity contribution in [1.29, 1.82) is 0 Å². The van der Waals surface area contributed by atoms with Gasteiger partial charge in [-0.15, -0.1) is 0 Å². The number of ether oxygens (including phenoxy) is 2. The van der Waals surface area contributed by atoms with Gasteiger partial charge < -0.3 is 35.4 Å². The number of piperazine rings is 1. The lowest BCUT2D eigenvalue weighted by atomic mass is 10.3. The number of hydrogen-bond acceptors (Lipinski definition) is 11. The average Bonchev–Trinajstić information content (AvgIpc) is 3.38. The Labute approximate surface area is 249 Å². The summed E-state index contributed by atoms with van der Waals surface area (Å²) in [6.45, 7) is 6.24. The molecule has 0 aliphatic carbocycles. The predicted molar refractivity (Wildman–Crippen MR) is 157 cm³/mol. The van der Waals surface area contributed by atoms with E-state index in [1.807, 2.05) is 0 Å². The molecule has 0 amide bonds. The molecule has 2 aromatic carbocycles. The highest BCUT2D eigenvalue weighted by Crippen LogP contribution is 2.27. The number of aromatic nitrogens is 1. The second-order valence-corrected chi connectivity index (χ2v) is 9.43.